The Kier molecular flexibility index (Phi) is 6.65. The van der Waals surface area contributed by atoms with Crippen molar-refractivity contribution < 1.29 is 14.6 Å². The van der Waals surface area contributed by atoms with Crippen LogP contribution in [0.2, 0.25) is 0 Å². The second-order valence-electron chi connectivity index (χ2n) is 4.16. The van der Waals surface area contributed by atoms with Crippen LogP contribution in [0, 0.1) is 0 Å². The van der Waals surface area contributed by atoms with E-state index in [0.29, 0.717) is 0 Å². The van der Waals surface area contributed by atoms with Crippen LogP contribution >= 0.6 is 11.8 Å². The number of unbranched alkanes of at least 4 members (excludes halogenated alkanes) is 1. The van der Waals surface area contributed by atoms with Crippen molar-refractivity contribution in [1.29, 1.82) is 0 Å². The number of aliphatic carboxylic acids is 1. The molecule has 0 aromatic heterocycles. The molecule has 18 heavy (non-hydrogen) atoms. The third-order valence-corrected chi connectivity index (χ3v) is 3.92. The maximum Gasteiger partial charge on any atom is 0.304 e. The van der Waals surface area contributed by atoms with Crippen LogP contribution in [0.1, 0.15) is 32.6 Å². The third-order valence-electron chi connectivity index (χ3n) is 2.64. The first-order chi connectivity index (χ1) is 8.65. The van der Waals surface area contributed by atoms with Gasteiger partial charge < -0.3 is 9.84 Å². The van der Waals surface area contributed by atoms with Gasteiger partial charge in [-0.3, -0.25) is 4.79 Å². The van der Waals surface area contributed by atoms with Crippen LogP contribution in [-0.4, -0.2) is 23.4 Å². The lowest BCUT2D eigenvalue weighted by Crippen LogP contribution is -2.09. The van der Waals surface area contributed by atoms with Gasteiger partial charge in [-0.1, -0.05) is 19.8 Å². The van der Waals surface area contributed by atoms with Crippen LogP contribution in [0.4, 0.5) is 0 Å². The molecule has 0 unspecified atom stereocenters. The second-order valence-corrected chi connectivity index (χ2v) is 5.53. The van der Waals surface area contributed by atoms with Gasteiger partial charge in [-0.2, -0.15) is 0 Å². The van der Waals surface area contributed by atoms with Crippen LogP contribution < -0.4 is 4.74 Å². The van der Waals surface area contributed by atoms with E-state index in [4.69, 9.17) is 9.84 Å². The summed E-state index contributed by atoms with van der Waals surface area (Å²) in [5.41, 5.74) is 0. The van der Waals surface area contributed by atoms with Gasteiger partial charge in [-0.25, -0.2) is 0 Å². The summed E-state index contributed by atoms with van der Waals surface area (Å²) in [5.74, 6) is 0.0970. The van der Waals surface area contributed by atoms with Crippen LogP contribution in [0.15, 0.2) is 29.2 Å². The lowest BCUT2D eigenvalue weighted by Gasteiger charge is -2.14. The maximum atomic E-state index is 10.8. The zero-order chi connectivity index (χ0) is 13.4. The Labute approximate surface area is 113 Å². The quantitative estimate of drug-likeness (QED) is 0.728. The molecule has 3 nitrogen and oxygen atoms in total. The molecule has 0 spiro atoms. The van der Waals surface area contributed by atoms with E-state index in [-0.39, 0.29) is 11.7 Å². The number of benzene rings is 1. The van der Waals surface area contributed by atoms with Gasteiger partial charge >= 0.3 is 5.97 Å². The normalized spacial score (nSPS) is 12.1. The Hall–Kier alpha value is -1.16. The molecule has 0 fully saturated rings. The number of carbonyl (C=O) groups is 1. The number of carboxylic acids is 1. The molecule has 0 radical (unpaired) electrons. The van der Waals surface area contributed by atoms with Gasteiger partial charge in [0.15, 0.2) is 0 Å². The summed E-state index contributed by atoms with van der Waals surface area (Å²) in [6.45, 7) is 2.12. The maximum absolute atomic E-state index is 10.8. The van der Waals surface area contributed by atoms with Crippen molar-refractivity contribution in [3.8, 4) is 5.75 Å². The number of hydrogen-bond donors (Lipinski definition) is 1. The number of methoxy groups -OCH3 is 1. The largest absolute Gasteiger partial charge is 0.497 e. The SMILES string of the molecule is CCCC[C@@H](CC(=O)O)Sc1ccc(OC)cc1. The molecule has 0 aliphatic heterocycles. The number of thioether (sulfide) groups is 1. The number of rotatable bonds is 8. The Morgan fingerprint density at radius 3 is 2.56 bits per heavy atom. The summed E-state index contributed by atoms with van der Waals surface area (Å²) < 4.78 is 5.10. The molecule has 1 aromatic carbocycles. The molecule has 0 bridgehead atoms. The Morgan fingerprint density at radius 1 is 1.39 bits per heavy atom. The third kappa shape index (κ3) is 5.45. The molecule has 0 saturated heterocycles. The van der Waals surface area contributed by atoms with E-state index in [0.717, 1.165) is 29.9 Å². The monoisotopic (exact) mass is 268 g/mol. The van der Waals surface area contributed by atoms with Gasteiger partial charge in [0.1, 0.15) is 5.75 Å². The van der Waals surface area contributed by atoms with Crippen molar-refractivity contribution in [3.05, 3.63) is 24.3 Å². The van der Waals surface area contributed by atoms with Crippen molar-refractivity contribution in [2.24, 2.45) is 0 Å². The first-order valence-corrected chi connectivity index (χ1v) is 7.06. The van der Waals surface area contributed by atoms with Crippen LogP contribution in [0.3, 0.4) is 0 Å². The van der Waals surface area contributed by atoms with Gasteiger partial charge in [0, 0.05) is 10.1 Å². The highest BCUT2D eigenvalue weighted by atomic mass is 32.2. The first-order valence-electron chi connectivity index (χ1n) is 6.18. The van der Waals surface area contributed by atoms with E-state index in [1.54, 1.807) is 18.9 Å². The molecular formula is C14H20O3S. The summed E-state index contributed by atoms with van der Waals surface area (Å²) in [7, 11) is 1.64. The molecular weight excluding hydrogens is 248 g/mol. The predicted octanol–water partition coefficient (Wildman–Crippen LogP) is 3.82. The van der Waals surface area contributed by atoms with E-state index >= 15 is 0 Å². The van der Waals surface area contributed by atoms with Gasteiger partial charge in [-0.15, -0.1) is 11.8 Å². The average Bonchev–Trinajstić information content (AvgIpc) is 2.36. The fourth-order valence-electron chi connectivity index (χ4n) is 1.68. The van der Waals surface area contributed by atoms with Crippen LogP contribution in [0.5, 0.6) is 5.75 Å². The molecule has 100 valence electrons. The molecule has 0 heterocycles. The molecule has 1 N–H and O–H groups in total. The lowest BCUT2D eigenvalue weighted by molar-refractivity contribution is -0.137. The Morgan fingerprint density at radius 2 is 2.06 bits per heavy atom. The highest BCUT2D eigenvalue weighted by Gasteiger charge is 2.14. The first kappa shape index (κ1) is 14.9. The number of ether oxygens (including phenoxy) is 1. The van der Waals surface area contributed by atoms with Crippen molar-refractivity contribution in [2.45, 2.75) is 42.8 Å². The fourth-order valence-corrected chi connectivity index (χ4v) is 2.86. The average molecular weight is 268 g/mol. The van der Waals surface area contributed by atoms with Gasteiger partial charge in [0.25, 0.3) is 0 Å². The topological polar surface area (TPSA) is 46.5 Å². The molecule has 1 aromatic rings. The summed E-state index contributed by atoms with van der Waals surface area (Å²) in [5, 5.41) is 9.06. The van der Waals surface area contributed by atoms with E-state index in [1.807, 2.05) is 24.3 Å². The van der Waals surface area contributed by atoms with E-state index in [2.05, 4.69) is 6.92 Å². The molecule has 0 aliphatic rings. The van der Waals surface area contributed by atoms with Crippen LogP contribution in [-0.2, 0) is 4.79 Å². The lowest BCUT2D eigenvalue weighted by atomic mass is 10.1. The summed E-state index contributed by atoms with van der Waals surface area (Å²) in [4.78, 5) is 11.9. The van der Waals surface area contributed by atoms with Crippen molar-refractivity contribution in [1.82, 2.24) is 0 Å². The smallest absolute Gasteiger partial charge is 0.304 e. The zero-order valence-electron chi connectivity index (χ0n) is 10.9. The highest BCUT2D eigenvalue weighted by molar-refractivity contribution is 8.00. The molecule has 0 aliphatic carbocycles. The van der Waals surface area contributed by atoms with Crippen molar-refractivity contribution >= 4 is 17.7 Å². The molecule has 0 amide bonds. The van der Waals surface area contributed by atoms with E-state index in [1.165, 1.54) is 0 Å². The minimum atomic E-state index is -0.725. The summed E-state index contributed by atoms with van der Waals surface area (Å²) in [6, 6.07) is 7.76. The van der Waals surface area contributed by atoms with Gasteiger partial charge in [0.05, 0.1) is 13.5 Å². The minimum absolute atomic E-state index is 0.149. The molecule has 4 heteroatoms. The minimum Gasteiger partial charge on any atom is -0.497 e. The highest BCUT2D eigenvalue weighted by Crippen LogP contribution is 2.30. The van der Waals surface area contributed by atoms with Gasteiger partial charge in [0.2, 0.25) is 0 Å². The van der Waals surface area contributed by atoms with Crippen molar-refractivity contribution in [2.75, 3.05) is 7.11 Å². The second kappa shape index (κ2) is 8.03. The summed E-state index contributed by atoms with van der Waals surface area (Å²) in [6.07, 6.45) is 3.33. The molecule has 0 saturated carbocycles. The molecule has 1 rings (SSSR count). The number of carboxylic acid groups (broad SMARTS) is 1. The Balaban J connectivity index is 2.59. The fraction of sp³-hybridized carbons (Fsp3) is 0.500. The number of hydrogen-bond acceptors (Lipinski definition) is 3. The Bertz CT molecular complexity index is 362. The van der Waals surface area contributed by atoms with Gasteiger partial charge in [-0.05, 0) is 30.7 Å². The van der Waals surface area contributed by atoms with Crippen molar-refractivity contribution in [3.63, 3.8) is 0 Å². The van der Waals surface area contributed by atoms with E-state index in [9.17, 15) is 4.79 Å². The van der Waals surface area contributed by atoms with E-state index < -0.39 is 5.97 Å². The zero-order valence-corrected chi connectivity index (χ0v) is 11.7. The molecule has 1 atom stereocenters. The van der Waals surface area contributed by atoms with Crippen LogP contribution in [0.25, 0.3) is 0 Å². The standard InChI is InChI=1S/C14H20O3S/c1-3-4-5-13(10-14(15)16)18-12-8-6-11(17-2)7-9-12/h6-9,13H,3-5,10H2,1-2H3,(H,15,16)/t13-/m0/s1. The summed E-state index contributed by atoms with van der Waals surface area (Å²) >= 11 is 1.64. The predicted molar refractivity (Wildman–Crippen MR) is 74.4 cm³/mol.